The van der Waals surface area contributed by atoms with Gasteiger partial charge in [0, 0.05) is 29.5 Å². The third-order valence-corrected chi connectivity index (χ3v) is 4.55. The van der Waals surface area contributed by atoms with E-state index in [-0.39, 0.29) is 11.8 Å². The van der Waals surface area contributed by atoms with Crippen LogP contribution in [0.1, 0.15) is 20.7 Å². The molecule has 0 atom stereocenters. The molecule has 31 heavy (non-hydrogen) atoms. The lowest BCUT2D eigenvalue weighted by Crippen LogP contribution is -2.18. The highest BCUT2D eigenvalue weighted by atomic mass is 16.2. The third-order valence-electron chi connectivity index (χ3n) is 4.55. The highest BCUT2D eigenvalue weighted by Gasteiger charge is 2.14. The second kappa shape index (κ2) is 9.37. The maximum absolute atomic E-state index is 12.8. The predicted octanol–water partition coefficient (Wildman–Crippen LogP) is 5.33. The van der Waals surface area contributed by atoms with Gasteiger partial charge in [-0.05, 0) is 60.7 Å². The van der Waals surface area contributed by atoms with Gasteiger partial charge in [-0.1, -0.05) is 30.3 Å². The van der Waals surface area contributed by atoms with E-state index < -0.39 is 0 Å². The molecule has 0 aliphatic heterocycles. The molecule has 0 saturated heterocycles. The number of para-hydroxylation sites is 2. The summed E-state index contributed by atoms with van der Waals surface area (Å²) in [6, 6.07) is 27.5. The second-order valence-electron chi connectivity index (χ2n) is 6.76. The summed E-state index contributed by atoms with van der Waals surface area (Å²) in [5, 5.41) is 8.95. The van der Waals surface area contributed by atoms with E-state index in [1.165, 1.54) is 6.20 Å². The Morgan fingerprint density at radius 2 is 1.29 bits per heavy atom. The molecule has 6 heteroatoms. The van der Waals surface area contributed by atoms with Gasteiger partial charge in [0.05, 0.1) is 16.8 Å². The van der Waals surface area contributed by atoms with E-state index in [1.807, 2.05) is 54.6 Å². The fraction of sp³-hybridized carbons (Fsp3) is 0. The summed E-state index contributed by atoms with van der Waals surface area (Å²) in [7, 11) is 0. The normalized spacial score (nSPS) is 10.2. The van der Waals surface area contributed by atoms with Crippen molar-refractivity contribution in [2.24, 2.45) is 0 Å². The summed E-state index contributed by atoms with van der Waals surface area (Å²) in [6.45, 7) is 0. The number of anilines is 4. The van der Waals surface area contributed by atoms with Crippen LogP contribution in [-0.4, -0.2) is 16.8 Å². The average Bonchev–Trinajstić information content (AvgIpc) is 2.82. The number of aromatic nitrogens is 1. The average molecular weight is 408 g/mol. The number of carbonyl (C=O) groups is 2. The zero-order valence-electron chi connectivity index (χ0n) is 16.6. The first-order valence-electron chi connectivity index (χ1n) is 9.73. The molecule has 6 nitrogen and oxygen atoms in total. The van der Waals surface area contributed by atoms with E-state index >= 15 is 0 Å². The molecular formula is C25H20N4O2. The van der Waals surface area contributed by atoms with Crippen LogP contribution in [0.3, 0.4) is 0 Å². The zero-order chi connectivity index (χ0) is 21.5. The van der Waals surface area contributed by atoms with Crippen LogP contribution in [0.5, 0.6) is 0 Å². The molecule has 0 unspecified atom stereocenters. The van der Waals surface area contributed by atoms with Gasteiger partial charge in [-0.25, -0.2) is 0 Å². The van der Waals surface area contributed by atoms with Crippen molar-refractivity contribution >= 4 is 34.6 Å². The van der Waals surface area contributed by atoms with Crippen molar-refractivity contribution < 1.29 is 9.59 Å². The maximum Gasteiger partial charge on any atom is 0.257 e. The molecule has 0 fully saturated rings. The summed E-state index contributed by atoms with van der Waals surface area (Å²) in [5.74, 6) is -0.643. The van der Waals surface area contributed by atoms with Crippen molar-refractivity contribution in [1.82, 2.24) is 4.98 Å². The van der Waals surface area contributed by atoms with Crippen molar-refractivity contribution in [1.29, 1.82) is 0 Å². The summed E-state index contributed by atoms with van der Waals surface area (Å²) in [5.41, 5.74) is 3.75. The van der Waals surface area contributed by atoms with Crippen molar-refractivity contribution in [3.8, 4) is 0 Å². The Kier molecular flexibility index (Phi) is 6.00. The van der Waals surface area contributed by atoms with Gasteiger partial charge in [-0.15, -0.1) is 0 Å². The molecule has 3 aromatic carbocycles. The van der Waals surface area contributed by atoms with E-state index in [0.717, 1.165) is 11.4 Å². The standard InChI is InChI=1S/C25H20N4O2/c30-24(18-7-6-16-26-17-18)29-23-11-5-4-10-22(23)25(31)28-21-14-12-20(13-15-21)27-19-8-2-1-3-9-19/h1-17,27H,(H,28,31)(H,29,30). The molecule has 0 aliphatic rings. The third kappa shape index (κ3) is 5.13. The smallest absolute Gasteiger partial charge is 0.257 e. The Hall–Kier alpha value is -4.45. The molecule has 1 heterocycles. The minimum Gasteiger partial charge on any atom is -0.356 e. The fourth-order valence-electron chi connectivity index (χ4n) is 3.01. The molecule has 152 valence electrons. The predicted molar refractivity (Wildman–Crippen MR) is 123 cm³/mol. The first-order valence-corrected chi connectivity index (χ1v) is 9.73. The molecule has 4 aromatic rings. The number of hydrogen-bond donors (Lipinski definition) is 3. The first-order chi connectivity index (χ1) is 15.2. The van der Waals surface area contributed by atoms with Gasteiger partial charge in [0.15, 0.2) is 0 Å². The summed E-state index contributed by atoms with van der Waals surface area (Å²) < 4.78 is 0. The number of pyridine rings is 1. The van der Waals surface area contributed by atoms with Gasteiger partial charge < -0.3 is 16.0 Å². The van der Waals surface area contributed by atoms with Gasteiger partial charge in [0.1, 0.15) is 0 Å². The van der Waals surface area contributed by atoms with Crippen LogP contribution in [0.25, 0.3) is 0 Å². The Morgan fingerprint density at radius 3 is 2.03 bits per heavy atom. The van der Waals surface area contributed by atoms with Gasteiger partial charge in [0.25, 0.3) is 11.8 Å². The van der Waals surface area contributed by atoms with Crippen LogP contribution >= 0.6 is 0 Å². The molecule has 1 aromatic heterocycles. The SMILES string of the molecule is O=C(Nc1ccccc1C(=O)Nc1ccc(Nc2ccccc2)cc1)c1cccnc1. The molecule has 0 bridgehead atoms. The molecule has 2 amide bonds. The minimum atomic E-state index is -0.329. The topological polar surface area (TPSA) is 83.1 Å². The molecular weight excluding hydrogens is 388 g/mol. The fourth-order valence-corrected chi connectivity index (χ4v) is 3.01. The van der Waals surface area contributed by atoms with Crippen molar-refractivity contribution in [3.05, 3.63) is 115 Å². The lowest BCUT2D eigenvalue weighted by Gasteiger charge is -2.12. The van der Waals surface area contributed by atoms with E-state index in [2.05, 4.69) is 20.9 Å². The Bertz CT molecular complexity index is 1180. The van der Waals surface area contributed by atoms with Crippen LogP contribution in [0.15, 0.2) is 103 Å². The zero-order valence-corrected chi connectivity index (χ0v) is 16.6. The maximum atomic E-state index is 12.8. The van der Waals surface area contributed by atoms with Gasteiger partial charge >= 0.3 is 0 Å². The number of nitrogens with one attached hydrogen (secondary N) is 3. The largest absolute Gasteiger partial charge is 0.356 e. The second-order valence-corrected chi connectivity index (χ2v) is 6.76. The summed E-state index contributed by atoms with van der Waals surface area (Å²) >= 11 is 0. The van der Waals surface area contributed by atoms with Crippen LogP contribution in [0, 0.1) is 0 Å². The molecule has 0 radical (unpaired) electrons. The van der Waals surface area contributed by atoms with Crippen LogP contribution in [0.2, 0.25) is 0 Å². The number of benzene rings is 3. The minimum absolute atomic E-state index is 0.314. The van der Waals surface area contributed by atoms with E-state index in [4.69, 9.17) is 0 Å². The highest BCUT2D eigenvalue weighted by molar-refractivity contribution is 6.12. The Balaban J connectivity index is 1.45. The molecule has 0 aliphatic carbocycles. The number of rotatable bonds is 6. The van der Waals surface area contributed by atoms with Crippen molar-refractivity contribution in [3.63, 3.8) is 0 Å². The molecule has 3 N–H and O–H groups in total. The van der Waals surface area contributed by atoms with E-state index in [9.17, 15) is 9.59 Å². The highest BCUT2D eigenvalue weighted by Crippen LogP contribution is 2.21. The van der Waals surface area contributed by atoms with Crippen molar-refractivity contribution in [2.45, 2.75) is 0 Å². The summed E-state index contributed by atoms with van der Waals surface area (Å²) in [4.78, 5) is 29.2. The van der Waals surface area contributed by atoms with E-state index in [0.29, 0.717) is 22.5 Å². The molecule has 4 rings (SSSR count). The number of hydrogen-bond acceptors (Lipinski definition) is 4. The van der Waals surface area contributed by atoms with Gasteiger partial charge in [0.2, 0.25) is 0 Å². The van der Waals surface area contributed by atoms with Crippen LogP contribution in [-0.2, 0) is 0 Å². The van der Waals surface area contributed by atoms with Gasteiger partial charge in [-0.3, -0.25) is 14.6 Å². The lowest BCUT2D eigenvalue weighted by atomic mass is 10.1. The number of carbonyl (C=O) groups excluding carboxylic acids is 2. The van der Waals surface area contributed by atoms with Crippen molar-refractivity contribution in [2.75, 3.05) is 16.0 Å². The first kappa shape index (κ1) is 19.8. The van der Waals surface area contributed by atoms with Crippen LogP contribution in [0.4, 0.5) is 22.7 Å². The number of amides is 2. The van der Waals surface area contributed by atoms with Gasteiger partial charge in [-0.2, -0.15) is 0 Å². The molecule has 0 saturated carbocycles. The quantitative estimate of drug-likeness (QED) is 0.403. The van der Waals surface area contributed by atoms with E-state index in [1.54, 1.807) is 42.6 Å². The Morgan fingerprint density at radius 1 is 0.613 bits per heavy atom. The molecule has 0 spiro atoms. The lowest BCUT2D eigenvalue weighted by molar-refractivity contribution is 0.102. The number of nitrogens with zero attached hydrogens (tertiary/aromatic N) is 1. The summed E-state index contributed by atoms with van der Waals surface area (Å²) in [6.07, 6.45) is 3.07. The monoisotopic (exact) mass is 408 g/mol. The van der Waals surface area contributed by atoms with Crippen LogP contribution < -0.4 is 16.0 Å². The Labute approximate surface area is 180 Å².